The van der Waals surface area contributed by atoms with Crippen LogP contribution in [0.15, 0.2) is 119 Å². The third-order valence-corrected chi connectivity index (χ3v) is 29.1. The van der Waals surface area contributed by atoms with Gasteiger partial charge in [0.05, 0.1) is 73.8 Å². The normalized spacial score (nSPS) is 28.5. The van der Waals surface area contributed by atoms with E-state index >= 15 is 4.79 Å². The van der Waals surface area contributed by atoms with Gasteiger partial charge in [-0.05, 0) is 160 Å². The highest BCUT2D eigenvalue weighted by molar-refractivity contribution is 6.39. The van der Waals surface area contributed by atoms with Crippen LogP contribution < -0.4 is 21.3 Å². The van der Waals surface area contributed by atoms with Crippen LogP contribution in [0.25, 0.3) is 33.4 Å². The number of methoxy groups -OCH3 is 4. The Morgan fingerprint density at radius 2 is 1.47 bits per heavy atom. The van der Waals surface area contributed by atoms with Crippen molar-refractivity contribution in [1.29, 1.82) is 0 Å². The number of ketones is 2. The van der Waals surface area contributed by atoms with Crippen LogP contribution in [0.2, 0.25) is 0 Å². The fourth-order valence-corrected chi connectivity index (χ4v) is 20.8. The predicted molar refractivity (Wildman–Crippen MR) is 510 cm³/mol. The number of fused-ring (bicyclic) bond motifs is 7. The largest absolute Gasteiger partial charge is 0.460 e. The van der Waals surface area contributed by atoms with Gasteiger partial charge in [0, 0.05) is 174 Å². The van der Waals surface area contributed by atoms with Crippen LogP contribution in [-0.4, -0.2) is 297 Å². The minimum absolute atomic E-state index is 0.00408. The molecule has 2 aromatic carbocycles. The molecule has 7 aliphatic heterocycles. The van der Waals surface area contributed by atoms with Crippen molar-refractivity contribution in [3.63, 3.8) is 0 Å². The van der Waals surface area contributed by atoms with E-state index in [4.69, 9.17) is 73.8 Å². The molecule has 0 unspecified atom stereocenters. The number of amides is 4. The van der Waals surface area contributed by atoms with Gasteiger partial charge in [-0.3, -0.25) is 28.9 Å². The summed E-state index contributed by atoms with van der Waals surface area (Å²) >= 11 is 0. The van der Waals surface area contributed by atoms with Crippen LogP contribution in [-0.2, 0) is 94.3 Å². The molecule has 136 heavy (non-hydrogen) atoms. The highest BCUT2D eigenvalue weighted by Crippen LogP contribution is 2.41. The molecule has 5 aromatic heterocycles. The molecule has 35 heteroatoms. The van der Waals surface area contributed by atoms with E-state index in [-0.39, 0.29) is 73.7 Å². The molecule has 6 N–H and O–H groups in total. The average Bonchev–Trinajstić information content (AvgIpc) is 1.30. The number of pyridine rings is 1. The van der Waals surface area contributed by atoms with Crippen LogP contribution in [0, 0.1) is 35.5 Å². The van der Waals surface area contributed by atoms with E-state index in [0.717, 1.165) is 72.1 Å². The lowest BCUT2D eigenvalue weighted by atomic mass is 9.78. The number of piperidine rings is 1. The number of anilines is 4. The first kappa shape index (κ1) is 99.5. The Morgan fingerprint density at radius 1 is 0.691 bits per heavy atom. The van der Waals surface area contributed by atoms with E-state index < -0.39 is 102 Å². The summed E-state index contributed by atoms with van der Waals surface area (Å²) in [5.41, 5.74) is 22.4. The number of oxazole rings is 1. The maximum atomic E-state index is 15.1. The number of piperazine rings is 2. The second-order valence-corrected chi connectivity index (χ2v) is 38.4. The van der Waals surface area contributed by atoms with Gasteiger partial charge in [0.2, 0.25) is 17.6 Å². The van der Waals surface area contributed by atoms with Crippen LogP contribution in [0.5, 0.6) is 0 Å². The fourth-order valence-electron chi connectivity index (χ4n) is 20.8. The lowest BCUT2D eigenvalue weighted by Crippen LogP contribution is -2.61. The monoisotopic (exact) mass is 1870 g/mol. The number of carbonyl (C=O) groups is 7. The van der Waals surface area contributed by atoms with Gasteiger partial charge < -0.3 is 93.4 Å². The minimum Gasteiger partial charge on any atom is -0.460 e. The molecule has 35 nitrogen and oxygen atoms in total. The number of aromatic nitrogens is 8. The number of nitrogens with two attached hydrogens (primary N) is 2. The quantitative estimate of drug-likeness (QED) is 0.0238. The number of benzene rings is 2. The van der Waals surface area contributed by atoms with Crippen LogP contribution in [0.1, 0.15) is 170 Å². The summed E-state index contributed by atoms with van der Waals surface area (Å²) in [5.74, 6) is -5.69. The minimum atomic E-state index is -2.46. The van der Waals surface area contributed by atoms with E-state index in [1.807, 2.05) is 110 Å². The smallest absolute Gasteiger partial charge is 0.410 e. The van der Waals surface area contributed by atoms with E-state index in [1.54, 1.807) is 58.5 Å². The second-order valence-electron chi connectivity index (χ2n) is 38.4. The summed E-state index contributed by atoms with van der Waals surface area (Å²) in [4.78, 5) is 141. The molecule has 732 valence electrons. The maximum Gasteiger partial charge on any atom is 0.410 e. The van der Waals surface area contributed by atoms with Gasteiger partial charge in [-0.1, -0.05) is 89.3 Å². The standard InChI is InChI=1S/C101H135N17O18/c1-61-17-13-12-14-18-62(2)81(128-8)53-75-26-20-67(7)101(127,136-75)92(122)96(124)117-33-16-15-19-78(117)97(125)133-83(54-82(129-9)63(3)48-66(6)90(121)91(131-11)89(120)65(5)47-61)64(4)49-68-22-27-80(84(51-68)130-10)135-100(126)116-35-31-76-74(59-116)56-105-99(109-76)114-42-40-113(41-43-114)86(119)32-45-132-46-44-111-36-38-112(39-37-111)85-29-25-72(55-104-85)95(123)115-34-30-70-50-69(21-23-73(70)58-115)57-118-94-87(93(102)106-60-107-94)88(110-118)71-24-28-79-77(52-71)108-98(103)134-79/h12-14,17-18,21,23-25,28-29,48,50,52,55-56,60-61,63-65,67-68,75,78,80-84,90-91,121,127H,15-16,19-20,22,26-27,30-47,49,51,53-54,57-59H2,1-11H3,(H2,103,108)(H2,102,106,107)/b14-12+,17-13+,62-18+,66-48+/t61-,63-,64-,65-,67-,68+,75+,78+,80-,81+,82-,83+,84-,90-,91+,101-/m1/s1. The molecule has 7 aromatic rings. The fraction of sp³-hybridized carbons (Fsp3) is 0.584. The Labute approximate surface area is 795 Å². The van der Waals surface area contributed by atoms with Gasteiger partial charge in [0.15, 0.2) is 17.0 Å². The Bertz CT molecular complexity index is 5510. The molecular formula is C101H135N17O18. The summed E-state index contributed by atoms with van der Waals surface area (Å²) in [5, 5.41) is 29.7. The summed E-state index contributed by atoms with van der Waals surface area (Å²) < 4.78 is 56.7. The molecule has 2 bridgehead atoms. The first-order valence-corrected chi connectivity index (χ1v) is 48.4. The zero-order valence-electron chi connectivity index (χ0n) is 80.4. The number of nitrogen functional groups attached to an aromatic ring is 2. The number of ether oxygens (including phenoxy) is 8. The SMILES string of the molecule is CO[C@H]1C[C@@H]2CC[C@@H](C)[C@@](O)(O2)C(=O)C(=O)N2CCCC[C@H]2C(=O)O[C@H]([C@H](C)C[C@@H]2CC[C@@H](OC(=O)N3CCc4nc(N5CCN(C(=O)CCOCCN6CCN(c7ccc(C(=O)N8CCc9cc(Cn%10nc(-c%11ccc%12oc(N)nc%12c%11)c%11c(N)ncnc%11%10)ccc9C8)cn7)CC6)CC5)ncc4C3)[C@H](OC)C2)C[C@@H](OC)[C@H](C)/C=C(\C)[C@@H](O)[C@@H](OC)C(=O)[C@H](C)C[C@H](C)/C=C/C=C/C=C/1C. The molecule has 0 spiro atoms. The molecule has 5 fully saturated rings. The average molecular weight is 1880 g/mol. The van der Waals surface area contributed by atoms with Crippen molar-refractivity contribution in [3.05, 3.63) is 148 Å². The summed E-state index contributed by atoms with van der Waals surface area (Å²) in [6.07, 6.45) is 17.0. The van der Waals surface area contributed by atoms with Crippen molar-refractivity contribution in [2.24, 2.45) is 35.5 Å². The number of allylic oxidation sites excluding steroid dienone is 5. The van der Waals surface area contributed by atoms with Gasteiger partial charge in [-0.15, -0.1) is 0 Å². The second kappa shape index (κ2) is 45.1. The molecule has 1 aliphatic carbocycles. The lowest BCUT2D eigenvalue weighted by molar-refractivity contribution is -0.265. The summed E-state index contributed by atoms with van der Waals surface area (Å²) in [6, 6.07) is 14.6. The number of nitrogens with zero attached hydrogens (tertiary/aromatic N) is 15. The summed E-state index contributed by atoms with van der Waals surface area (Å²) in [7, 11) is 6.19. The topological polar surface area (TPSA) is 417 Å². The molecule has 4 amide bonds. The third kappa shape index (κ3) is 23.3. The molecule has 8 aliphatic rings. The Balaban J connectivity index is 0.488. The van der Waals surface area contributed by atoms with Crippen molar-refractivity contribution in [2.75, 3.05) is 141 Å². The van der Waals surface area contributed by atoms with E-state index in [0.29, 0.717) is 193 Å². The van der Waals surface area contributed by atoms with Gasteiger partial charge in [-0.25, -0.2) is 39.2 Å². The van der Waals surface area contributed by atoms with Gasteiger partial charge in [-0.2, -0.15) is 10.1 Å². The number of cyclic esters (lactones) is 1. The molecule has 16 atom stereocenters. The van der Waals surface area contributed by atoms with Crippen molar-refractivity contribution >= 4 is 87.1 Å². The predicted octanol–water partition coefficient (Wildman–Crippen LogP) is 10.3. The van der Waals surface area contributed by atoms with Crippen LogP contribution >= 0.6 is 0 Å². The van der Waals surface area contributed by atoms with E-state index in [1.165, 1.54) is 23.9 Å². The molecule has 0 radical (unpaired) electrons. The Hall–Kier alpha value is -11.0. The molecule has 15 rings (SSSR count). The molecule has 12 heterocycles. The molecule has 1 saturated carbocycles. The molecular weight excluding hydrogens is 1740 g/mol. The van der Waals surface area contributed by atoms with Crippen molar-refractivity contribution in [3.8, 4) is 11.3 Å². The number of aliphatic hydroxyl groups excluding tert-OH is 1. The lowest BCUT2D eigenvalue weighted by Gasteiger charge is -2.43. The van der Waals surface area contributed by atoms with Crippen molar-refractivity contribution in [2.45, 2.75) is 225 Å². The molecule has 4 saturated heterocycles. The first-order chi connectivity index (χ1) is 65.5. The van der Waals surface area contributed by atoms with Gasteiger partial charge in [0.25, 0.3) is 23.6 Å². The Morgan fingerprint density at radius 3 is 2.24 bits per heavy atom. The van der Waals surface area contributed by atoms with Gasteiger partial charge in [0.1, 0.15) is 59.6 Å². The number of rotatable bonds is 20. The number of hydrogen-bond acceptors (Lipinski definition) is 30. The van der Waals surface area contributed by atoms with Crippen LogP contribution in [0.3, 0.4) is 0 Å². The number of esters is 1. The number of hydrogen-bond donors (Lipinski definition) is 4. The summed E-state index contributed by atoms with van der Waals surface area (Å²) in [6.45, 7) is 22.3. The van der Waals surface area contributed by atoms with E-state index in [2.05, 4.69) is 47.9 Å². The third-order valence-electron chi connectivity index (χ3n) is 29.1. The van der Waals surface area contributed by atoms with Crippen LogP contribution in [0.4, 0.5) is 28.4 Å². The number of aliphatic hydroxyl groups is 2. The van der Waals surface area contributed by atoms with E-state index in [9.17, 15) is 39.0 Å². The number of Topliss-reactive ketones (excluding diaryl/α,β-unsaturated/α-hetero) is 2. The highest BCUT2D eigenvalue weighted by atomic mass is 16.6. The number of carbonyl (C=O) groups excluding carboxylic acids is 7. The highest BCUT2D eigenvalue weighted by Gasteiger charge is 2.54. The maximum absolute atomic E-state index is 15.1. The van der Waals surface area contributed by atoms with Crippen molar-refractivity contribution in [1.82, 2.24) is 64.2 Å². The Kier molecular flexibility index (Phi) is 33.0. The zero-order chi connectivity index (χ0) is 96.2. The van der Waals surface area contributed by atoms with Gasteiger partial charge >= 0.3 is 12.1 Å². The first-order valence-electron chi connectivity index (χ1n) is 48.4. The van der Waals surface area contributed by atoms with Crippen molar-refractivity contribution < 1.29 is 86.1 Å². The zero-order valence-corrected chi connectivity index (χ0v) is 80.4.